The second-order valence-corrected chi connectivity index (χ2v) is 39.2. The number of fused-ring (bicyclic) bond motifs is 8. The van der Waals surface area contributed by atoms with E-state index in [9.17, 15) is 19.5 Å². The van der Waals surface area contributed by atoms with Crippen LogP contribution in [0.1, 0.15) is 454 Å². The number of aliphatic hydroxyl groups is 1. The van der Waals surface area contributed by atoms with Gasteiger partial charge in [-0.1, -0.05) is 248 Å². The molecule has 133 heavy (non-hydrogen) atoms. The third-order valence-electron chi connectivity index (χ3n) is 28.2. The predicted octanol–water partition coefficient (Wildman–Crippen LogP) is 28.1. The van der Waals surface area contributed by atoms with Gasteiger partial charge in [-0.15, -0.1) is 0 Å². The summed E-state index contributed by atoms with van der Waals surface area (Å²) in [4.78, 5) is 127. The molecule has 0 unspecified atom stereocenters. The van der Waals surface area contributed by atoms with Crippen molar-refractivity contribution in [2.24, 2.45) is 0 Å². The normalized spacial score (nSPS) is 14.7. The number of aromatic amines is 2. The average Bonchev–Trinajstić information content (AvgIpc) is 0.973. The number of aromatic nitrogens is 4. The fourth-order valence-electron chi connectivity index (χ4n) is 20.5. The van der Waals surface area contributed by atoms with Gasteiger partial charge in [0.25, 0.3) is 23.6 Å². The molecule has 712 valence electrons. The molecule has 0 radical (unpaired) electrons. The molecule has 7 heterocycles. The van der Waals surface area contributed by atoms with Crippen molar-refractivity contribution in [1.29, 1.82) is 0 Å². The van der Waals surface area contributed by atoms with Crippen LogP contribution in [-0.2, 0) is 27.3 Å². The maximum atomic E-state index is 16.2. The van der Waals surface area contributed by atoms with E-state index >= 15 is 19.2 Å². The third-order valence-corrected chi connectivity index (χ3v) is 28.2. The molecule has 13 rings (SSSR count). The Bertz CT molecular complexity index is 5670. The minimum Gasteiger partial charge on any atom is -0.493 e. The van der Waals surface area contributed by atoms with Crippen LogP contribution in [-0.4, -0.2) is 106 Å². The number of ketones is 1. The van der Waals surface area contributed by atoms with Gasteiger partial charge >= 0.3 is 11.9 Å². The van der Waals surface area contributed by atoms with Crippen LogP contribution in [0.15, 0.2) is 84.9 Å². The summed E-state index contributed by atoms with van der Waals surface area (Å²) in [5, 5.41) is 18.6. The van der Waals surface area contributed by atoms with Crippen molar-refractivity contribution in [1.82, 2.24) is 19.9 Å². The number of ether oxygens (including phenoxy) is 4. The Morgan fingerprint density at radius 3 is 1.40 bits per heavy atom. The number of aryl methyl sites for hydroxylation is 2. The fourth-order valence-corrected chi connectivity index (χ4v) is 20.5. The maximum Gasteiger partial charge on any atom is 0.338 e. The Labute approximate surface area is 789 Å². The number of hydrogen-bond acceptors (Lipinski definition) is 16. The van der Waals surface area contributed by atoms with E-state index < -0.39 is 29.6 Å². The summed E-state index contributed by atoms with van der Waals surface area (Å²) in [6, 6.07) is 26.9. The number of nitrogens with one attached hydrogen (secondary N) is 4. The number of esters is 2. The maximum absolute atomic E-state index is 16.2. The van der Waals surface area contributed by atoms with Crippen molar-refractivity contribution in [2.45, 2.75) is 351 Å². The molecule has 8 aromatic rings. The topological polar surface area (TPSA) is 265 Å². The molecule has 4 amide bonds. The highest BCUT2D eigenvalue weighted by molar-refractivity contribution is 6.45. The first-order valence-corrected chi connectivity index (χ1v) is 50.8. The molecule has 0 saturated heterocycles. The van der Waals surface area contributed by atoms with E-state index in [0.717, 1.165) is 152 Å². The van der Waals surface area contributed by atoms with Crippen molar-refractivity contribution < 1.29 is 57.6 Å². The minimum atomic E-state index is -0.559. The minimum absolute atomic E-state index is 0.0234. The Hall–Kier alpha value is -10.7. The fraction of sp³-hybridized carbons (Fsp3) is 0.531. The Balaban J connectivity index is 0.704. The number of para-hydroxylation sites is 2. The summed E-state index contributed by atoms with van der Waals surface area (Å²) in [5.74, 6) is -2.46. The van der Waals surface area contributed by atoms with Gasteiger partial charge in [0.15, 0.2) is 5.78 Å². The standard InChI is InChI=1S/C113H148N8O12/c1-16-19-21-23-25-27-29-31-35-41-55-130-78-59-77(60-79(61-78)131-56-42-36-32-30-28-26-24-22-20-17-2)113(129)133-58-44-38-34-40-54-115-97-63-87-101-102-86(109(125)121(112(128)104(97)102)108-83(71(8)9)49-46-50-84(108)72(10)11)62-96(103(101)111(127)120(110(87)126)107-81(69(4)5)47-45-48-82(107)70(6)7)114-53-39-33-37-43-57-132-99(124)52-51-85-74(13)92-65-90-75(14)89(68-122)95(117-90)66-91-73(12)80(18-3)94(116-91)67-93-76(15)100-98(123)64-88(105(85)118-92)106(100)119-93/h45-50,59-63,65-67,69-72,74,85,114-115,117,119,122H,16-44,51-58,64,68H2,1-15H3/t74-,85-/m0/s1. The van der Waals surface area contributed by atoms with Crippen LogP contribution in [0.3, 0.4) is 0 Å². The van der Waals surface area contributed by atoms with E-state index in [0.29, 0.717) is 110 Å². The van der Waals surface area contributed by atoms with E-state index in [-0.39, 0.29) is 113 Å². The van der Waals surface area contributed by atoms with Crippen LogP contribution in [0.25, 0.3) is 44.0 Å². The summed E-state index contributed by atoms with van der Waals surface area (Å²) in [7, 11) is 0. The van der Waals surface area contributed by atoms with E-state index in [1.54, 1.807) is 24.3 Å². The van der Waals surface area contributed by atoms with E-state index in [1.165, 1.54) is 113 Å². The Kier molecular flexibility index (Phi) is 35.2. The van der Waals surface area contributed by atoms with Crippen molar-refractivity contribution in [2.75, 3.05) is 60.0 Å². The quantitative estimate of drug-likeness (QED) is 0.0135. The van der Waals surface area contributed by atoms with Gasteiger partial charge in [0.1, 0.15) is 11.5 Å². The van der Waals surface area contributed by atoms with Gasteiger partial charge in [-0.2, -0.15) is 0 Å². The zero-order valence-electron chi connectivity index (χ0n) is 82.4. The first-order chi connectivity index (χ1) is 64.3. The third kappa shape index (κ3) is 22.9. The molecule has 5 N–H and O–H groups in total. The van der Waals surface area contributed by atoms with Crippen LogP contribution in [0.4, 0.5) is 22.7 Å². The Morgan fingerprint density at radius 2 is 0.932 bits per heavy atom. The number of nitrogens with zero attached hydrogens (tertiary/aromatic N) is 4. The van der Waals surface area contributed by atoms with Crippen molar-refractivity contribution >= 4 is 108 Å². The number of aliphatic hydroxyl groups excluding tert-OH is 1. The van der Waals surface area contributed by atoms with Crippen molar-refractivity contribution in [3.05, 3.63) is 186 Å². The second-order valence-electron chi connectivity index (χ2n) is 39.2. The number of Topliss-reactive ketones (excluding diaryl/α,β-unsaturated/α-hetero) is 1. The molecule has 4 aliphatic heterocycles. The summed E-state index contributed by atoms with van der Waals surface area (Å²) in [5.41, 5.74) is 18.9. The van der Waals surface area contributed by atoms with Crippen LogP contribution in [0.2, 0.25) is 0 Å². The number of amides is 4. The highest BCUT2D eigenvalue weighted by Crippen LogP contribution is 2.51. The van der Waals surface area contributed by atoms with Crippen LogP contribution in [0.5, 0.6) is 11.5 Å². The molecule has 8 bridgehead atoms. The van der Waals surface area contributed by atoms with Gasteiger partial charge in [0.05, 0.1) is 94.8 Å². The Morgan fingerprint density at radius 1 is 0.489 bits per heavy atom. The monoisotopic (exact) mass is 1810 g/mol. The highest BCUT2D eigenvalue weighted by Gasteiger charge is 2.47. The summed E-state index contributed by atoms with van der Waals surface area (Å²) < 4.78 is 24.6. The lowest BCUT2D eigenvalue weighted by atomic mass is 9.82. The van der Waals surface area contributed by atoms with Gasteiger partial charge in [-0.05, 0) is 196 Å². The predicted molar refractivity (Wildman–Crippen MR) is 539 cm³/mol. The van der Waals surface area contributed by atoms with Crippen molar-refractivity contribution in [3.8, 4) is 11.5 Å². The number of H-pyrrole nitrogens is 2. The molecule has 5 aromatic carbocycles. The summed E-state index contributed by atoms with van der Waals surface area (Å²) in [6.45, 7) is 33.4. The molecule has 3 aromatic heterocycles. The average molecular weight is 1810 g/mol. The van der Waals surface area contributed by atoms with Crippen LogP contribution >= 0.6 is 0 Å². The summed E-state index contributed by atoms with van der Waals surface area (Å²) in [6.07, 6.45) is 31.4. The van der Waals surface area contributed by atoms with Gasteiger partial charge in [-0.3, -0.25) is 33.8 Å². The molecule has 0 spiro atoms. The molecule has 20 nitrogen and oxygen atoms in total. The molecule has 0 saturated carbocycles. The molecule has 2 atom stereocenters. The molecular formula is C113H148N8O12. The zero-order chi connectivity index (χ0) is 94.7. The number of benzene rings is 5. The number of carbonyl (C=O) groups is 7. The first-order valence-electron chi connectivity index (χ1n) is 50.8. The van der Waals surface area contributed by atoms with E-state index in [1.807, 2.05) is 74.5 Å². The van der Waals surface area contributed by atoms with Crippen LogP contribution in [0, 0.1) is 13.8 Å². The summed E-state index contributed by atoms with van der Waals surface area (Å²) >= 11 is 0. The largest absolute Gasteiger partial charge is 0.493 e. The number of allylic oxidation sites excluding steroid dienone is 2. The van der Waals surface area contributed by atoms with Gasteiger partial charge in [0.2, 0.25) is 0 Å². The van der Waals surface area contributed by atoms with Crippen LogP contribution < -0.4 is 29.9 Å². The number of unbranched alkanes of at least 4 members (excludes halogenated alkanes) is 24. The number of carbonyl (C=O) groups excluding carboxylic acids is 7. The first kappa shape index (κ1) is 99.7. The second kappa shape index (κ2) is 47.0. The van der Waals surface area contributed by atoms with Gasteiger partial charge in [0, 0.05) is 105 Å². The number of hydrogen-bond donors (Lipinski definition) is 5. The van der Waals surface area contributed by atoms with Crippen molar-refractivity contribution in [3.63, 3.8) is 0 Å². The van der Waals surface area contributed by atoms with E-state index in [4.69, 9.17) is 28.9 Å². The molecular weight excluding hydrogens is 1660 g/mol. The highest BCUT2D eigenvalue weighted by atomic mass is 16.5. The lowest BCUT2D eigenvalue weighted by Gasteiger charge is -2.37. The van der Waals surface area contributed by atoms with Gasteiger partial charge in [-0.25, -0.2) is 19.6 Å². The molecule has 0 fully saturated rings. The molecule has 5 aliphatic rings. The number of imide groups is 2. The lowest BCUT2D eigenvalue weighted by molar-refractivity contribution is -0.144. The van der Waals surface area contributed by atoms with E-state index in [2.05, 4.69) is 111 Å². The number of anilines is 4. The molecule has 1 aliphatic carbocycles. The van der Waals surface area contributed by atoms with Gasteiger partial charge < -0.3 is 44.7 Å². The lowest BCUT2D eigenvalue weighted by Crippen LogP contribution is -2.45. The molecule has 20 heteroatoms. The number of rotatable bonds is 52. The SMILES string of the molecule is CCCCCCCCCCCCOc1cc(OCCCCCCCCCCCC)cc(C(=O)OCCCCCCNc2cc3c4c(c(NCCCCCCOC(=O)CC[C@@H]5c6nc(cc7[nH]c(cc8nc(cc9[nH]c%10c6CC(=O)c%10c9C)C(CC)=C8C)c(CO)c7C)[C@H]5C)cc5c4c2C(=O)N(c2c(C(C)C)cccc2C(C)C)C5=O)C(=O)N(c2c(C(C)C)cccc2C(C)C)C3=O)c1. The smallest absolute Gasteiger partial charge is 0.338 e. The zero-order valence-corrected chi connectivity index (χ0v) is 82.4.